The third kappa shape index (κ3) is 3.68. The van der Waals surface area contributed by atoms with E-state index in [1.165, 1.54) is 5.69 Å². The smallest absolute Gasteiger partial charge is 0.0949 e. The summed E-state index contributed by atoms with van der Waals surface area (Å²) in [5.74, 6) is 0. The number of rotatable bonds is 4. The van der Waals surface area contributed by atoms with E-state index in [1.807, 2.05) is 6.33 Å². The number of aromatic nitrogens is 2. The molecule has 22 heavy (non-hydrogen) atoms. The van der Waals surface area contributed by atoms with E-state index in [0.717, 1.165) is 51.4 Å². The second-order valence-corrected chi connectivity index (χ2v) is 6.86. The van der Waals surface area contributed by atoms with E-state index in [0.29, 0.717) is 0 Å². The molecule has 1 aromatic rings. The highest BCUT2D eigenvalue weighted by Gasteiger charge is 2.26. The van der Waals surface area contributed by atoms with Gasteiger partial charge in [-0.25, -0.2) is 4.98 Å². The molecule has 3 atom stereocenters. The first-order valence-corrected chi connectivity index (χ1v) is 8.28. The lowest BCUT2D eigenvalue weighted by Crippen LogP contribution is -2.50. The monoisotopic (exact) mass is 308 g/mol. The van der Waals surface area contributed by atoms with Crippen LogP contribution in [0.15, 0.2) is 6.33 Å². The van der Waals surface area contributed by atoms with Gasteiger partial charge in [0, 0.05) is 58.4 Å². The van der Waals surface area contributed by atoms with Gasteiger partial charge in [-0.1, -0.05) is 0 Å². The van der Waals surface area contributed by atoms with Gasteiger partial charge < -0.3 is 14.4 Å². The minimum atomic E-state index is -0.317. The van der Waals surface area contributed by atoms with Crippen LogP contribution in [0.4, 0.5) is 0 Å². The fourth-order valence-corrected chi connectivity index (χ4v) is 3.75. The van der Waals surface area contributed by atoms with Crippen molar-refractivity contribution in [3.8, 4) is 0 Å². The number of nitrogens with zero attached hydrogens (tertiary/aromatic N) is 4. The summed E-state index contributed by atoms with van der Waals surface area (Å²) in [5.41, 5.74) is 2.50. The summed E-state index contributed by atoms with van der Waals surface area (Å²) >= 11 is 0. The number of aliphatic hydroxyl groups is 1. The summed E-state index contributed by atoms with van der Waals surface area (Å²) in [4.78, 5) is 9.09. The molecule has 0 radical (unpaired) electrons. The van der Waals surface area contributed by atoms with Crippen molar-refractivity contribution in [3.05, 3.63) is 17.7 Å². The van der Waals surface area contributed by atoms with Crippen LogP contribution < -0.4 is 0 Å². The average molecular weight is 308 g/mol. The zero-order valence-corrected chi connectivity index (χ0v) is 13.9. The lowest BCUT2D eigenvalue weighted by molar-refractivity contribution is -0.0782. The third-order valence-corrected chi connectivity index (χ3v) is 4.62. The summed E-state index contributed by atoms with van der Waals surface area (Å²) in [6.07, 6.45) is 3.09. The summed E-state index contributed by atoms with van der Waals surface area (Å²) in [6, 6.07) is 0. The molecule has 0 amide bonds. The van der Waals surface area contributed by atoms with Gasteiger partial charge >= 0.3 is 0 Å². The van der Waals surface area contributed by atoms with Crippen molar-refractivity contribution in [1.29, 1.82) is 0 Å². The zero-order valence-electron chi connectivity index (χ0n) is 13.9. The van der Waals surface area contributed by atoms with Gasteiger partial charge in [-0.15, -0.1) is 0 Å². The van der Waals surface area contributed by atoms with E-state index in [2.05, 4.69) is 40.2 Å². The normalized spacial score (nSPS) is 28.5. The molecule has 3 heterocycles. The van der Waals surface area contributed by atoms with Gasteiger partial charge in [0.2, 0.25) is 0 Å². The minimum Gasteiger partial charge on any atom is -0.390 e. The maximum atomic E-state index is 10.4. The van der Waals surface area contributed by atoms with Crippen LogP contribution in [0, 0.1) is 0 Å². The number of aryl methyl sites for hydroxylation is 1. The molecule has 6 heteroatoms. The lowest BCUT2D eigenvalue weighted by Gasteiger charge is -2.37. The van der Waals surface area contributed by atoms with Gasteiger partial charge in [0.05, 0.1) is 30.3 Å². The fourth-order valence-electron chi connectivity index (χ4n) is 3.75. The quantitative estimate of drug-likeness (QED) is 0.864. The standard InChI is InChI=1S/C16H28N4O2/c1-12-6-20(7-13(2)22-12)9-14(21)8-19-5-4-16-15(10-19)17-11-18(16)3/h11-14,21H,4-10H2,1-3H3/t12-,13-,14-/m1/s1. The van der Waals surface area contributed by atoms with E-state index in [4.69, 9.17) is 4.74 Å². The molecular weight excluding hydrogens is 280 g/mol. The lowest BCUT2D eigenvalue weighted by atomic mass is 10.1. The van der Waals surface area contributed by atoms with Crippen molar-refractivity contribution >= 4 is 0 Å². The molecule has 3 rings (SSSR count). The molecule has 0 saturated carbocycles. The summed E-state index contributed by atoms with van der Waals surface area (Å²) < 4.78 is 7.86. The van der Waals surface area contributed by atoms with Crippen molar-refractivity contribution in [2.24, 2.45) is 7.05 Å². The minimum absolute atomic E-state index is 0.252. The molecular formula is C16H28N4O2. The first-order chi connectivity index (χ1) is 10.5. The second-order valence-electron chi connectivity index (χ2n) is 6.86. The highest BCUT2D eigenvalue weighted by Crippen LogP contribution is 2.17. The predicted molar refractivity (Wildman–Crippen MR) is 84.6 cm³/mol. The molecule has 0 bridgehead atoms. The third-order valence-electron chi connectivity index (χ3n) is 4.62. The number of aliphatic hydroxyl groups excluding tert-OH is 1. The fraction of sp³-hybridized carbons (Fsp3) is 0.812. The van der Waals surface area contributed by atoms with E-state index in [-0.39, 0.29) is 18.3 Å². The Kier molecular flexibility index (Phi) is 4.82. The Morgan fingerprint density at radius 1 is 1.27 bits per heavy atom. The molecule has 1 fully saturated rings. The highest BCUT2D eigenvalue weighted by atomic mass is 16.5. The maximum Gasteiger partial charge on any atom is 0.0949 e. The van der Waals surface area contributed by atoms with Crippen molar-refractivity contribution in [2.45, 2.75) is 45.1 Å². The number of fused-ring (bicyclic) bond motifs is 1. The van der Waals surface area contributed by atoms with Crippen molar-refractivity contribution in [1.82, 2.24) is 19.4 Å². The van der Waals surface area contributed by atoms with Crippen molar-refractivity contribution < 1.29 is 9.84 Å². The zero-order chi connectivity index (χ0) is 15.7. The Morgan fingerprint density at radius 3 is 2.68 bits per heavy atom. The largest absolute Gasteiger partial charge is 0.390 e. The molecule has 2 aliphatic rings. The maximum absolute atomic E-state index is 10.4. The average Bonchev–Trinajstić information content (AvgIpc) is 2.78. The van der Waals surface area contributed by atoms with Gasteiger partial charge in [0.15, 0.2) is 0 Å². The van der Waals surface area contributed by atoms with Crippen LogP contribution >= 0.6 is 0 Å². The van der Waals surface area contributed by atoms with Crippen LogP contribution in [-0.4, -0.2) is 75.5 Å². The van der Waals surface area contributed by atoms with Crippen LogP contribution in [0.2, 0.25) is 0 Å². The van der Waals surface area contributed by atoms with Gasteiger partial charge in [0.25, 0.3) is 0 Å². The topological polar surface area (TPSA) is 53.8 Å². The number of β-amino-alcohol motifs (C(OH)–C–C–N with tert-alkyl or cyclic N) is 1. The van der Waals surface area contributed by atoms with Crippen LogP contribution in [-0.2, 0) is 24.8 Å². The predicted octanol–water partition coefficient (Wildman–Crippen LogP) is 0.248. The molecule has 1 saturated heterocycles. The van der Waals surface area contributed by atoms with E-state index < -0.39 is 0 Å². The molecule has 0 spiro atoms. The molecule has 0 aromatic carbocycles. The molecule has 0 aliphatic carbocycles. The summed E-state index contributed by atoms with van der Waals surface area (Å²) in [6.45, 7) is 9.31. The molecule has 2 aliphatic heterocycles. The van der Waals surface area contributed by atoms with Gasteiger partial charge in [-0.05, 0) is 13.8 Å². The first kappa shape index (κ1) is 15.9. The second kappa shape index (κ2) is 6.66. The highest BCUT2D eigenvalue weighted by molar-refractivity contribution is 5.16. The van der Waals surface area contributed by atoms with E-state index in [1.54, 1.807) is 0 Å². The molecule has 6 nitrogen and oxygen atoms in total. The Bertz CT molecular complexity index is 494. The van der Waals surface area contributed by atoms with E-state index >= 15 is 0 Å². The Labute approximate surface area is 132 Å². The van der Waals surface area contributed by atoms with E-state index in [9.17, 15) is 5.11 Å². The molecule has 1 aromatic heterocycles. The number of ether oxygens (including phenoxy) is 1. The van der Waals surface area contributed by atoms with Gasteiger partial charge in [0.1, 0.15) is 0 Å². The number of morpholine rings is 1. The van der Waals surface area contributed by atoms with Gasteiger partial charge in [-0.2, -0.15) is 0 Å². The van der Waals surface area contributed by atoms with Crippen LogP contribution in [0.3, 0.4) is 0 Å². The SMILES string of the molecule is C[C@@H]1CN(C[C@H](O)CN2CCc3c(ncn3C)C2)C[C@@H](C)O1. The number of imidazole rings is 1. The summed E-state index contributed by atoms with van der Waals surface area (Å²) in [5, 5.41) is 10.4. The van der Waals surface area contributed by atoms with Crippen molar-refractivity contribution in [3.63, 3.8) is 0 Å². The molecule has 0 unspecified atom stereocenters. The van der Waals surface area contributed by atoms with Crippen molar-refractivity contribution in [2.75, 3.05) is 32.7 Å². The Balaban J connectivity index is 1.49. The van der Waals surface area contributed by atoms with Crippen LogP contribution in [0.25, 0.3) is 0 Å². The van der Waals surface area contributed by atoms with Crippen LogP contribution in [0.5, 0.6) is 0 Å². The number of hydrogen-bond donors (Lipinski definition) is 1. The van der Waals surface area contributed by atoms with Gasteiger partial charge in [-0.3, -0.25) is 9.80 Å². The molecule has 124 valence electrons. The van der Waals surface area contributed by atoms with Crippen LogP contribution in [0.1, 0.15) is 25.2 Å². The number of hydrogen-bond acceptors (Lipinski definition) is 5. The Hall–Kier alpha value is -0.950. The first-order valence-electron chi connectivity index (χ1n) is 8.28. The summed E-state index contributed by atoms with van der Waals surface area (Å²) in [7, 11) is 2.05. The Morgan fingerprint density at radius 2 is 1.95 bits per heavy atom. The molecule has 1 N–H and O–H groups in total.